The summed E-state index contributed by atoms with van der Waals surface area (Å²) < 4.78 is 30.2. The molecule has 4 aromatic heterocycles. The van der Waals surface area contributed by atoms with Gasteiger partial charge in [0.25, 0.3) is 0 Å². The summed E-state index contributed by atoms with van der Waals surface area (Å²) in [6, 6.07) is 38.3. The second-order valence-corrected chi connectivity index (χ2v) is 25.8. The molecule has 408 valence electrons. The Balaban J connectivity index is 1.04. The molecule has 2 aliphatic rings. The summed E-state index contributed by atoms with van der Waals surface area (Å²) in [7, 11) is 0. The molecule has 0 amide bonds. The van der Waals surface area contributed by atoms with E-state index in [0.717, 1.165) is 110 Å². The van der Waals surface area contributed by atoms with Gasteiger partial charge in [-0.15, -0.1) is 45.3 Å². The first-order valence-corrected chi connectivity index (χ1v) is 32.4. The van der Waals surface area contributed by atoms with Crippen LogP contribution in [0.1, 0.15) is 206 Å². The van der Waals surface area contributed by atoms with Crippen molar-refractivity contribution in [1.29, 1.82) is 0 Å². The highest BCUT2D eigenvalue weighted by molar-refractivity contribution is 7.34. The van der Waals surface area contributed by atoms with Gasteiger partial charge in [-0.2, -0.15) is 0 Å². The van der Waals surface area contributed by atoms with Crippen molar-refractivity contribution < 1.29 is 28.5 Å². The van der Waals surface area contributed by atoms with Gasteiger partial charge in [-0.05, 0) is 51.0 Å². The molecule has 0 saturated heterocycles. The highest BCUT2D eigenvalue weighted by Crippen LogP contribution is 2.66. The normalized spacial score (nSPS) is 16.2. The van der Waals surface area contributed by atoms with Crippen molar-refractivity contribution in [1.82, 2.24) is 0 Å². The Morgan fingerprint density at radius 2 is 0.705 bits per heavy atom. The second kappa shape index (κ2) is 26.2. The fourth-order valence-electron chi connectivity index (χ4n) is 11.5. The summed E-state index contributed by atoms with van der Waals surface area (Å²) in [4.78, 5) is 30.6. The molecule has 0 fully saturated rings. The number of carbonyl (C=O) groups excluding carboxylic acids is 2. The van der Waals surface area contributed by atoms with E-state index < -0.39 is 11.2 Å². The van der Waals surface area contributed by atoms with Gasteiger partial charge in [-0.3, -0.25) is 9.59 Å². The summed E-state index contributed by atoms with van der Waals surface area (Å²) in [5.41, 5.74) is 6.03. The minimum absolute atomic E-state index is 0.609. The summed E-state index contributed by atoms with van der Waals surface area (Å²) in [5.74, 6) is 3.03. The van der Waals surface area contributed by atoms with E-state index in [-0.39, 0.29) is 0 Å². The fraction of sp³-hybridized carbons (Fsp3) is 0.412. The monoisotopic (exact) mass is 1120 g/mol. The van der Waals surface area contributed by atoms with E-state index in [4.69, 9.17) is 18.9 Å². The van der Waals surface area contributed by atoms with E-state index in [9.17, 15) is 9.59 Å². The van der Waals surface area contributed by atoms with Crippen molar-refractivity contribution in [3.05, 3.63) is 163 Å². The fourth-order valence-corrected chi connectivity index (χ4v) is 16.7. The molecule has 0 saturated carbocycles. The van der Waals surface area contributed by atoms with Crippen molar-refractivity contribution in [2.45, 2.75) is 167 Å². The molecule has 0 aliphatic carbocycles. The van der Waals surface area contributed by atoms with Crippen LogP contribution in [0, 0.1) is 13.8 Å². The predicted molar refractivity (Wildman–Crippen MR) is 328 cm³/mol. The zero-order chi connectivity index (χ0) is 53.9. The number of ether oxygens (including phenoxy) is 4. The van der Waals surface area contributed by atoms with Crippen LogP contribution in [-0.2, 0) is 11.2 Å². The lowest BCUT2D eigenvalue weighted by atomic mass is 9.76. The van der Waals surface area contributed by atoms with Gasteiger partial charge in [0.05, 0.1) is 51.9 Å². The summed E-state index contributed by atoms with van der Waals surface area (Å²) in [6.07, 6.45) is 27.4. The van der Waals surface area contributed by atoms with Crippen molar-refractivity contribution in [2.24, 2.45) is 0 Å². The zero-order valence-corrected chi connectivity index (χ0v) is 49.5. The molecule has 6 heterocycles. The molecule has 78 heavy (non-hydrogen) atoms. The molecule has 2 unspecified atom stereocenters. The van der Waals surface area contributed by atoms with E-state index >= 15 is 0 Å². The number of fused-ring (bicyclic) bond motifs is 9. The highest BCUT2D eigenvalue weighted by Gasteiger charge is 2.53. The maximum Gasteiger partial charge on any atom is 0.187 e. The zero-order valence-electron chi connectivity index (χ0n) is 46.2. The first-order chi connectivity index (χ1) is 38.3. The number of rotatable bonds is 30. The van der Waals surface area contributed by atoms with Crippen LogP contribution in [0.25, 0.3) is 28.9 Å². The molecule has 4 aromatic carbocycles. The van der Waals surface area contributed by atoms with E-state index in [1.165, 1.54) is 138 Å². The van der Waals surface area contributed by atoms with E-state index in [0.29, 0.717) is 34.5 Å². The van der Waals surface area contributed by atoms with Gasteiger partial charge in [0.1, 0.15) is 23.0 Å². The SMILES string of the molecule is CCCCCCCCCCCCOc1ccc(C2(c3ccc(C)cc3)Oc3cc(C=O)sc3-c3sc4c5c(sc4c32)-c2sc(C=O)cc2OC5(c2ccc(C)cc2)c2ccc(OCCCCCCCCCCCC)cc2)cc1. The number of hydrogen-bond acceptors (Lipinski definition) is 10. The van der Waals surface area contributed by atoms with Gasteiger partial charge in [0.2, 0.25) is 0 Å². The largest absolute Gasteiger partial charge is 0.494 e. The molecule has 10 rings (SSSR count). The van der Waals surface area contributed by atoms with Crippen LogP contribution in [0.2, 0.25) is 0 Å². The standard InChI is InChI=1S/C68H76O6S4/c1-5-7-9-11-13-15-17-19-21-23-41-71-53-37-33-51(34-38-53)67(49-29-25-47(3)26-30-49)59-63(61-57(73-67)43-55(45-69)75-61)77-66-60-64(78-65(59)66)62-58(44-56(46-70)76-62)74-68(60,50-31-27-48(4)28-32-50)52-35-39-54(40-36-52)72-42-24-22-20-18-16-14-12-10-8-6-2/h25-40,43-46H,5-24,41-42H2,1-4H3. The van der Waals surface area contributed by atoms with Crippen molar-refractivity contribution in [3.8, 4) is 42.5 Å². The van der Waals surface area contributed by atoms with Crippen LogP contribution < -0.4 is 18.9 Å². The number of carbonyl (C=O) groups is 2. The van der Waals surface area contributed by atoms with Crippen LogP contribution in [0.3, 0.4) is 0 Å². The van der Waals surface area contributed by atoms with Crippen LogP contribution in [0.5, 0.6) is 23.0 Å². The number of benzene rings is 4. The third-order valence-corrected chi connectivity index (χ3v) is 20.8. The number of aryl methyl sites for hydroxylation is 2. The molecule has 0 radical (unpaired) electrons. The summed E-state index contributed by atoms with van der Waals surface area (Å²) in [5, 5.41) is 0. The second-order valence-electron chi connectivity index (χ2n) is 21.6. The third kappa shape index (κ3) is 11.7. The molecule has 0 bridgehead atoms. The maximum atomic E-state index is 12.7. The van der Waals surface area contributed by atoms with Crippen molar-refractivity contribution in [3.63, 3.8) is 0 Å². The van der Waals surface area contributed by atoms with E-state index in [1.807, 2.05) is 12.1 Å². The Bertz CT molecular complexity index is 3010. The lowest BCUT2D eigenvalue weighted by Crippen LogP contribution is -2.38. The minimum Gasteiger partial charge on any atom is -0.494 e. The molecule has 6 nitrogen and oxygen atoms in total. The van der Waals surface area contributed by atoms with Crippen LogP contribution in [0.4, 0.5) is 0 Å². The molecular weight excluding hydrogens is 1040 g/mol. The van der Waals surface area contributed by atoms with Gasteiger partial charge >= 0.3 is 0 Å². The van der Waals surface area contributed by atoms with E-state index in [1.54, 1.807) is 22.7 Å². The highest BCUT2D eigenvalue weighted by atomic mass is 32.1. The van der Waals surface area contributed by atoms with Crippen molar-refractivity contribution in [2.75, 3.05) is 13.2 Å². The average molecular weight is 1120 g/mol. The number of unbranched alkanes of at least 4 members (excludes halogenated alkanes) is 18. The van der Waals surface area contributed by atoms with Gasteiger partial charge in [0.15, 0.2) is 23.8 Å². The van der Waals surface area contributed by atoms with Crippen LogP contribution >= 0.6 is 45.3 Å². The predicted octanol–water partition coefficient (Wildman–Crippen LogP) is 20.6. The Morgan fingerprint density at radius 3 is 1.03 bits per heavy atom. The summed E-state index contributed by atoms with van der Waals surface area (Å²) >= 11 is 6.46. The first-order valence-electron chi connectivity index (χ1n) is 29.1. The maximum absolute atomic E-state index is 12.7. The van der Waals surface area contributed by atoms with Crippen LogP contribution in [-0.4, -0.2) is 25.8 Å². The average Bonchev–Trinajstić information content (AvgIpc) is 3.35. The number of aldehydes is 2. The molecule has 10 heteroatoms. The minimum atomic E-state index is -1.12. The first kappa shape index (κ1) is 55.8. The number of hydrogen-bond donors (Lipinski definition) is 0. The molecule has 0 spiro atoms. The van der Waals surface area contributed by atoms with Gasteiger partial charge < -0.3 is 18.9 Å². The van der Waals surface area contributed by atoms with Crippen LogP contribution in [0.15, 0.2) is 109 Å². The molecule has 2 atom stereocenters. The lowest BCUT2D eigenvalue weighted by molar-refractivity contribution is 0.111. The smallest absolute Gasteiger partial charge is 0.187 e. The molecule has 8 aromatic rings. The van der Waals surface area contributed by atoms with Gasteiger partial charge in [-0.1, -0.05) is 213 Å². The molecular formula is C68H76O6S4. The molecule has 2 aliphatic heterocycles. The van der Waals surface area contributed by atoms with Crippen molar-refractivity contribution >= 4 is 67.3 Å². The van der Waals surface area contributed by atoms with Gasteiger partial charge in [0, 0.05) is 45.5 Å². The third-order valence-electron chi connectivity index (χ3n) is 15.8. The summed E-state index contributed by atoms with van der Waals surface area (Å²) in [6.45, 7) is 10.1. The Hall–Kier alpha value is -5.52. The Labute approximate surface area is 479 Å². The Morgan fingerprint density at radius 1 is 0.397 bits per heavy atom. The quantitative estimate of drug-likeness (QED) is 0.0330. The number of thiophene rings is 4. The lowest BCUT2D eigenvalue weighted by Gasteiger charge is -2.39. The van der Waals surface area contributed by atoms with Gasteiger partial charge in [-0.25, -0.2) is 0 Å². The van der Waals surface area contributed by atoms with E-state index in [2.05, 4.69) is 125 Å². The molecule has 0 N–H and O–H groups in total. The Kier molecular flexibility index (Phi) is 18.7. The topological polar surface area (TPSA) is 71.1 Å².